The van der Waals surface area contributed by atoms with Crippen LogP contribution in [-0.4, -0.2) is 102 Å². The first-order chi connectivity index (χ1) is 27.8. The second-order valence-electron chi connectivity index (χ2n) is 17.2. The summed E-state index contributed by atoms with van der Waals surface area (Å²) in [5, 5.41) is 0.0806. The van der Waals surface area contributed by atoms with Gasteiger partial charge in [0.15, 0.2) is 5.78 Å². The molecular formula is C42H48ClF2N5O8S. The van der Waals surface area contributed by atoms with Crippen LogP contribution in [0.15, 0.2) is 55.3 Å². The fraction of sp³-hybridized carbons (Fsp3) is 0.524. The van der Waals surface area contributed by atoms with Gasteiger partial charge in [0.1, 0.15) is 22.6 Å². The van der Waals surface area contributed by atoms with Crippen LogP contribution in [0.2, 0.25) is 5.02 Å². The molecule has 4 aliphatic rings. The number of ether oxygens (including phenoxy) is 2. The number of fused-ring (bicyclic) bond motifs is 1. The molecule has 2 aliphatic heterocycles. The van der Waals surface area contributed by atoms with Crippen molar-refractivity contribution in [3.8, 4) is 22.9 Å². The smallest absolute Gasteiger partial charge is 0.267 e. The van der Waals surface area contributed by atoms with E-state index in [1.54, 1.807) is 63.4 Å². The zero-order valence-electron chi connectivity index (χ0n) is 33.4. The molecule has 1 N–H and O–H groups in total. The summed E-state index contributed by atoms with van der Waals surface area (Å²) < 4.78 is 68.3. The Balaban J connectivity index is 1.23. The fourth-order valence-corrected chi connectivity index (χ4v) is 9.91. The molecule has 5 atom stereocenters. The summed E-state index contributed by atoms with van der Waals surface area (Å²) >= 11 is 6.77. The number of methoxy groups -OCH3 is 1. The first-order valence-corrected chi connectivity index (χ1v) is 21.6. The highest BCUT2D eigenvalue weighted by Gasteiger charge is 2.61. The van der Waals surface area contributed by atoms with Crippen LogP contribution in [0.3, 0.4) is 0 Å². The Kier molecular flexibility index (Phi) is 11.3. The number of amides is 3. The third-order valence-electron chi connectivity index (χ3n) is 12.0. The van der Waals surface area contributed by atoms with Crippen LogP contribution in [0.5, 0.6) is 11.5 Å². The number of carbonyl (C=O) groups is 4. The number of carbonyl (C=O) groups excluding carboxylic acids is 4. The molecule has 0 bridgehead atoms. The third-order valence-corrected chi connectivity index (χ3v) is 14.2. The van der Waals surface area contributed by atoms with Crippen molar-refractivity contribution < 1.29 is 45.9 Å². The van der Waals surface area contributed by atoms with E-state index in [2.05, 4.69) is 16.3 Å². The van der Waals surface area contributed by atoms with Crippen LogP contribution >= 0.6 is 11.6 Å². The van der Waals surface area contributed by atoms with E-state index < -0.39 is 92.5 Å². The zero-order chi connectivity index (χ0) is 42.7. The van der Waals surface area contributed by atoms with Gasteiger partial charge in [-0.2, -0.15) is 0 Å². The predicted octanol–water partition coefficient (Wildman–Crippen LogP) is 5.99. The molecule has 2 aliphatic carbocycles. The van der Waals surface area contributed by atoms with Crippen molar-refractivity contribution in [3.63, 3.8) is 0 Å². The number of pyridine rings is 2. The first-order valence-electron chi connectivity index (χ1n) is 19.7. The van der Waals surface area contributed by atoms with E-state index >= 15 is 0 Å². The Morgan fingerprint density at radius 1 is 1.12 bits per heavy atom. The monoisotopic (exact) mass is 855 g/mol. The highest BCUT2D eigenvalue weighted by atomic mass is 35.5. The van der Waals surface area contributed by atoms with Crippen molar-refractivity contribution >= 4 is 56.0 Å². The maximum Gasteiger partial charge on any atom is 0.267 e. The SMILES string of the molecule is C=C[C@@H]1C[C@]1(CC(=O)[C@@H]1C[C@@H](Oc2cc(-c3ccccn3)nc3c(Cl)c(OC)ccc23)CN1C(=O)[C@@H](CC(=O)N1CCC(F)(F)C1)C(C)(C)C)C(=O)NS(=O)(=O)C1CC1. The molecule has 3 aromatic rings. The molecule has 2 saturated heterocycles. The lowest BCUT2D eigenvalue weighted by atomic mass is 9.77. The first kappa shape index (κ1) is 42.4. The number of nitrogens with one attached hydrogen (secondary N) is 1. The van der Waals surface area contributed by atoms with Crippen molar-refractivity contribution in [3.05, 3.63) is 60.3 Å². The number of Topliss-reactive ketones (excluding diaryl/α,β-unsaturated/α-hetero) is 1. The van der Waals surface area contributed by atoms with Gasteiger partial charge in [-0.05, 0) is 54.9 Å². The summed E-state index contributed by atoms with van der Waals surface area (Å²) in [5.41, 5.74) is -0.919. The van der Waals surface area contributed by atoms with Gasteiger partial charge in [0, 0.05) is 49.9 Å². The van der Waals surface area contributed by atoms with Crippen molar-refractivity contribution in [2.45, 2.75) is 89.0 Å². The minimum Gasteiger partial charge on any atom is -0.495 e. The minimum atomic E-state index is -3.93. The number of aromatic nitrogens is 2. The summed E-state index contributed by atoms with van der Waals surface area (Å²) in [7, 11) is -2.45. The summed E-state index contributed by atoms with van der Waals surface area (Å²) in [6.07, 6.45) is 2.17. The Hall–Kier alpha value is -4.70. The van der Waals surface area contributed by atoms with E-state index in [0.29, 0.717) is 46.6 Å². The van der Waals surface area contributed by atoms with Gasteiger partial charge in [-0.15, -0.1) is 6.58 Å². The molecule has 4 heterocycles. The van der Waals surface area contributed by atoms with Gasteiger partial charge in [0.2, 0.25) is 27.7 Å². The van der Waals surface area contributed by atoms with E-state index in [0.717, 1.165) is 4.90 Å². The van der Waals surface area contributed by atoms with Crippen LogP contribution in [0, 0.1) is 22.7 Å². The number of alkyl halides is 2. The second kappa shape index (κ2) is 15.7. The zero-order valence-corrected chi connectivity index (χ0v) is 35.0. The molecule has 0 radical (unpaired) electrons. The molecule has 59 heavy (non-hydrogen) atoms. The van der Waals surface area contributed by atoms with Crippen LogP contribution in [0.25, 0.3) is 22.3 Å². The number of rotatable bonds is 14. The number of hydrogen-bond acceptors (Lipinski definition) is 10. The van der Waals surface area contributed by atoms with E-state index in [4.69, 9.17) is 26.1 Å². The topological polar surface area (TPSA) is 165 Å². The van der Waals surface area contributed by atoms with Gasteiger partial charge in [0.25, 0.3) is 5.92 Å². The van der Waals surface area contributed by atoms with Crippen LogP contribution in [-0.2, 0) is 29.2 Å². The van der Waals surface area contributed by atoms with Crippen molar-refractivity contribution in [1.29, 1.82) is 0 Å². The Bertz CT molecular complexity index is 2300. The third kappa shape index (κ3) is 8.66. The maximum atomic E-state index is 14.8. The molecule has 316 valence electrons. The summed E-state index contributed by atoms with van der Waals surface area (Å²) in [6, 6.07) is 9.27. The number of hydrogen-bond donors (Lipinski definition) is 1. The van der Waals surface area contributed by atoms with E-state index in [1.165, 1.54) is 18.1 Å². The summed E-state index contributed by atoms with van der Waals surface area (Å²) in [6.45, 7) is 8.12. The number of allylic oxidation sites excluding steroid dienone is 1. The van der Waals surface area contributed by atoms with Crippen molar-refractivity contribution in [2.75, 3.05) is 26.7 Å². The van der Waals surface area contributed by atoms with Gasteiger partial charge in [-0.3, -0.25) is 28.9 Å². The molecular weight excluding hydrogens is 808 g/mol. The van der Waals surface area contributed by atoms with Crippen LogP contribution < -0.4 is 14.2 Å². The molecule has 3 amide bonds. The van der Waals surface area contributed by atoms with Gasteiger partial charge in [0.05, 0.1) is 59.7 Å². The minimum absolute atomic E-state index is 0.0167. The van der Waals surface area contributed by atoms with E-state index in [1.807, 2.05) is 0 Å². The lowest BCUT2D eigenvalue weighted by Crippen LogP contribution is -2.49. The summed E-state index contributed by atoms with van der Waals surface area (Å²) in [4.78, 5) is 68.2. The highest BCUT2D eigenvalue weighted by Crippen LogP contribution is 2.57. The van der Waals surface area contributed by atoms with Crippen molar-refractivity contribution in [2.24, 2.45) is 22.7 Å². The number of sulfonamides is 1. The van der Waals surface area contributed by atoms with Gasteiger partial charge >= 0.3 is 0 Å². The Morgan fingerprint density at radius 3 is 2.46 bits per heavy atom. The standard InChI is InChI=1S/C42H48ClF2N5O8S/c1-6-24-20-41(24,39(54)48-59(55,56)26-10-11-26)21-32(51)31-17-25(22-50(31)38(53)28(40(2,3)4)18-35(52)49-16-14-42(44,45)23-49)58-34-19-30(29-9-7-8-15-46-29)47-37-27(34)12-13-33(57-5)36(37)43/h6-9,12-13,15,19,24-26,28,31H,1,10-11,14,16-18,20-23H2,2-5H3,(H,48,54)/t24-,25-,28-,31+,41-/m1/s1. The number of halogens is 3. The normalized spacial score (nSPS) is 24.4. The lowest BCUT2D eigenvalue weighted by Gasteiger charge is -2.35. The number of ketones is 1. The molecule has 0 unspecified atom stereocenters. The maximum absolute atomic E-state index is 14.8. The molecule has 13 nitrogen and oxygen atoms in total. The van der Waals surface area contributed by atoms with Gasteiger partial charge in [-0.1, -0.05) is 44.5 Å². The quantitative estimate of drug-likeness (QED) is 0.191. The molecule has 4 fully saturated rings. The largest absolute Gasteiger partial charge is 0.495 e. The van der Waals surface area contributed by atoms with Crippen LogP contribution in [0.1, 0.15) is 65.7 Å². The number of benzene rings is 1. The van der Waals surface area contributed by atoms with Crippen LogP contribution in [0.4, 0.5) is 8.78 Å². The Labute approximate surface area is 346 Å². The number of nitrogens with zero attached hydrogens (tertiary/aromatic N) is 4. The molecule has 17 heteroatoms. The average molecular weight is 856 g/mol. The lowest BCUT2D eigenvalue weighted by molar-refractivity contribution is -0.148. The highest BCUT2D eigenvalue weighted by molar-refractivity contribution is 7.90. The second-order valence-corrected chi connectivity index (χ2v) is 19.6. The number of likely N-dealkylation sites (tertiary alicyclic amines) is 2. The Morgan fingerprint density at radius 2 is 1.86 bits per heavy atom. The fourth-order valence-electron chi connectivity index (χ4n) is 8.25. The van der Waals surface area contributed by atoms with Crippen molar-refractivity contribution in [1.82, 2.24) is 24.5 Å². The molecule has 2 saturated carbocycles. The summed E-state index contributed by atoms with van der Waals surface area (Å²) in [5.74, 6) is -6.24. The average Bonchev–Trinajstić information content (AvgIpc) is 4.09. The molecule has 2 aromatic heterocycles. The van der Waals surface area contributed by atoms with Gasteiger partial charge < -0.3 is 19.3 Å². The predicted molar refractivity (Wildman–Crippen MR) is 215 cm³/mol. The molecule has 0 spiro atoms. The van der Waals surface area contributed by atoms with Gasteiger partial charge in [-0.25, -0.2) is 22.2 Å². The van der Waals surface area contributed by atoms with E-state index in [9.17, 15) is 36.4 Å². The molecule has 7 rings (SSSR count). The molecule has 1 aromatic carbocycles. The van der Waals surface area contributed by atoms with E-state index in [-0.39, 0.29) is 43.8 Å².